The van der Waals surface area contributed by atoms with Gasteiger partial charge in [-0.3, -0.25) is 4.79 Å². The molecule has 0 aromatic heterocycles. The molecule has 1 aliphatic heterocycles. The van der Waals surface area contributed by atoms with Crippen molar-refractivity contribution in [1.82, 2.24) is 4.31 Å². The van der Waals surface area contributed by atoms with Crippen molar-refractivity contribution in [2.45, 2.75) is 11.8 Å². The first-order valence-corrected chi connectivity index (χ1v) is 8.47. The third-order valence-corrected chi connectivity index (χ3v) is 4.78. The molecule has 2 aromatic carbocycles. The predicted octanol–water partition coefficient (Wildman–Crippen LogP) is 3.59. The lowest BCUT2D eigenvalue weighted by atomic mass is 10.1. The molecule has 23 heavy (non-hydrogen) atoms. The normalized spacial score (nSPS) is 15.3. The summed E-state index contributed by atoms with van der Waals surface area (Å²) in [5, 5.41) is 2.98. The number of hydrogen-bond acceptors (Lipinski definition) is 4. The largest absolute Gasteiger partial charge is 0.379 e. The Bertz CT molecular complexity index is 684. The molecule has 1 saturated heterocycles. The molecule has 120 valence electrons. The van der Waals surface area contributed by atoms with Crippen LogP contribution < -0.4 is 5.32 Å². The fraction of sp³-hybridized carbons (Fsp3) is 0.278. The van der Waals surface area contributed by atoms with E-state index in [4.69, 9.17) is 4.74 Å². The van der Waals surface area contributed by atoms with Crippen molar-refractivity contribution >= 4 is 23.5 Å². The highest BCUT2D eigenvalue weighted by Crippen LogP contribution is 2.24. The maximum absolute atomic E-state index is 12.5. The first-order chi connectivity index (χ1) is 11.2. The maximum Gasteiger partial charge on any atom is 0.255 e. The van der Waals surface area contributed by atoms with E-state index in [0.29, 0.717) is 5.56 Å². The van der Waals surface area contributed by atoms with Crippen molar-refractivity contribution in [1.29, 1.82) is 0 Å². The molecule has 0 spiro atoms. The van der Waals surface area contributed by atoms with Crippen LogP contribution in [0.15, 0.2) is 53.4 Å². The first kappa shape index (κ1) is 16.1. The van der Waals surface area contributed by atoms with Gasteiger partial charge in [0, 0.05) is 29.2 Å². The average molecular weight is 328 g/mol. The summed E-state index contributed by atoms with van der Waals surface area (Å²) in [6.45, 7) is 5.33. The van der Waals surface area contributed by atoms with E-state index in [2.05, 4.69) is 9.62 Å². The van der Waals surface area contributed by atoms with Gasteiger partial charge in [-0.2, -0.15) is 0 Å². The summed E-state index contributed by atoms with van der Waals surface area (Å²) in [4.78, 5) is 13.5. The number of nitrogens with zero attached hydrogens (tertiary/aromatic N) is 1. The van der Waals surface area contributed by atoms with Crippen molar-refractivity contribution in [3.05, 3.63) is 59.7 Å². The summed E-state index contributed by atoms with van der Waals surface area (Å²) >= 11 is 1.68. The number of carbonyl (C=O) groups is 1. The van der Waals surface area contributed by atoms with Gasteiger partial charge in [0.25, 0.3) is 5.91 Å². The van der Waals surface area contributed by atoms with Gasteiger partial charge in [-0.25, -0.2) is 4.31 Å². The second-order valence-corrected chi connectivity index (χ2v) is 6.60. The zero-order valence-electron chi connectivity index (χ0n) is 13.1. The Morgan fingerprint density at radius 2 is 1.91 bits per heavy atom. The average Bonchev–Trinajstić information content (AvgIpc) is 2.58. The Labute approximate surface area is 141 Å². The van der Waals surface area contributed by atoms with Crippen molar-refractivity contribution in [3.8, 4) is 0 Å². The van der Waals surface area contributed by atoms with Gasteiger partial charge in [0.1, 0.15) is 0 Å². The lowest BCUT2D eigenvalue weighted by Gasteiger charge is -2.25. The van der Waals surface area contributed by atoms with Gasteiger partial charge >= 0.3 is 0 Å². The number of carbonyl (C=O) groups excluding carboxylic acids is 1. The monoisotopic (exact) mass is 328 g/mol. The fourth-order valence-electron chi connectivity index (χ4n) is 2.39. The summed E-state index contributed by atoms with van der Waals surface area (Å²) in [5.41, 5.74) is 2.58. The van der Waals surface area contributed by atoms with E-state index in [0.717, 1.165) is 42.4 Å². The van der Waals surface area contributed by atoms with Gasteiger partial charge in [0.05, 0.1) is 13.2 Å². The Morgan fingerprint density at radius 3 is 2.70 bits per heavy atom. The second-order valence-electron chi connectivity index (χ2n) is 5.43. The van der Waals surface area contributed by atoms with Gasteiger partial charge in [0.2, 0.25) is 0 Å². The quantitative estimate of drug-likeness (QED) is 0.871. The molecule has 5 heteroatoms. The van der Waals surface area contributed by atoms with Gasteiger partial charge in [-0.1, -0.05) is 24.3 Å². The molecule has 4 nitrogen and oxygen atoms in total. The van der Waals surface area contributed by atoms with E-state index in [9.17, 15) is 4.79 Å². The number of anilines is 1. The van der Waals surface area contributed by atoms with Gasteiger partial charge in [-0.05, 0) is 48.7 Å². The molecule has 0 atom stereocenters. The maximum atomic E-state index is 12.5. The number of benzene rings is 2. The van der Waals surface area contributed by atoms with E-state index >= 15 is 0 Å². The second kappa shape index (κ2) is 7.64. The molecule has 1 fully saturated rings. The zero-order chi connectivity index (χ0) is 16.1. The van der Waals surface area contributed by atoms with Crippen LogP contribution in [0.25, 0.3) is 0 Å². The lowest BCUT2D eigenvalue weighted by molar-refractivity contribution is 0.0773. The molecule has 1 heterocycles. The fourth-order valence-corrected chi connectivity index (χ4v) is 3.34. The SMILES string of the molecule is Cc1ccccc1NC(=O)c1cccc(SN2CCOCC2)c1. The van der Waals surface area contributed by atoms with Crippen LogP contribution in [0.4, 0.5) is 5.69 Å². The number of aryl methyl sites for hydroxylation is 1. The molecule has 1 N–H and O–H groups in total. The van der Waals surface area contributed by atoms with Crippen LogP contribution in [0, 0.1) is 6.92 Å². The summed E-state index contributed by atoms with van der Waals surface area (Å²) in [7, 11) is 0. The lowest BCUT2D eigenvalue weighted by Crippen LogP contribution is -2.30. The molecular weight excluding hydrogens is 308 g/mol. The summed E-state index contributed by atoms with van der Waals surface area (Å²) in [6.07, 6.45) is 0. The standard InChI is InChI=1S/C18H20N2O2S/c1-14-5-2-3-8-17(14)19-18(21)15-6-4-7-16(13-15)23-20-9-11-22-12-10-20/h2-8,13H,9-12H2,1H3,(H,19,21). The van der Waals surface area contributed by atoms with E-state index in [1.165, 1.54) is 0 Å². The van der Waals surface area contributed by atoms with Gasteiger partial charge < -0.3 is 10.1 Å². The number of nitrogens with one attached hydrogen (secondary N) is 1. The summed E-state index contributed by atoms with van der Waals surface area (Å²) in [5.74, 6) is -0.0799. The predicted molar refractivity (Wildman–Crippen MR) is 93.8 cm³/mol. The number of para-hydroxylation sites is 1. The molecular formula is C18H20N2O2S. The highest BCUT2D eigenvalue weighted by atomic mass is 32.2. The van der Waals surface area contributed by atoms with E-state index in [1.54, 1.807) is 11.9 Å². The zero-order valence-corrected chi connectivity index (χ0v) is 13.9. The molecule has 1 aliphatic rings. The van der Waals surface area contributed by atoms with Crippen molar-refractivity contribution in [3.63, 3.8) is 0 Å². The number of morpholine rings is 1. The van der Waals surface area contributed by atoms with E-state index in [1.807, 2.05) is 55.5 Å². The van der Waals surface area contributed by atoms with Crippen LogP contribution in [0.1, 0.15) is 15.9 Å². The summed E-state index contributed by atoms with van der Waals surface area (Å²) < 4.78 is 7.62. The highest BCUT2D eigenvalue weighted by molar-refractivity contribution is 7.97. The Hall–Kier alpha value is -1.82. The molecule has 2 aromatic rings. The molecule has 0 aliphatic carbocycles. The Kier molecular flexibility index (Phi) is 5.33. The van der Waals surface area contributed by atoms with Crippen LogP contribution in [-0.2, 0) is 4.74 Å². The molecule has 0 unspecified atom stereocenters. The molecule has 3 rings (SSSR count). The van der Waals surface area contributed by atoms with Crippen molar-refractivity contribution in [2.75, 3.05) is 31.6 Å². The molecule has 0 radical (unpaired) electrons. The van der Waals surface area contributed by atoms with Crippen LogP contribution >= 0.6 is 11.9 Å². The number of amides is 1. The minimum Gasteiger partial charge on any atom is -0.379 e. The number of rotatable bonds is 4. The molecule has 0 saturated carbocycles. The smallest absolute Gasteiger partial charge is 0.255 e. The highest BCUT2D eigenvalue weighted by Gasteiger charge is 2.13. The summed E-state index contributed by atoms with van der Waals surface area (Å²) in [6, 6.07) is 15.5. The molecule has 1 amide bonds. The topological polar surface area (TPSA) is 41.6 Å². The Balaban J connectivity index is 1.69. The third kappa shape index (κ3) is 4.34. The van der Waals surface area contributed by atoms with E-state index in [-0.39, 0.29) is 5.91 Å². The van der Waals surface area contributed by atoms with Crippen LogP contribution in [-0.4, -0.2) is 36.5 Å². The van der Waals surface area contributed by atoms with E-state index < -0.39 is 0 Å². The van der Waals surface area contributed by atoms with Crippen LogP contribution in [0.3, 0.4) is 0 Å². The molecule has 0 bridgehead atoms. The van der Waals surface area contributed by atoms with Crippen LogP contribution in [0.2, 0.25) is 0 Å². The minimum atomic E-state index is -0.0799. The minimum absolute atomic E-state index is 0.0799. The number of ether oxygens (including phenoxy) is 1. The van der Waals surface area contributed by atoms with Gasteiger partial charge in [-0.15, -0.1) is 0 Å². The third-order valence-electron chi connectivity index (χ3n) is 3.69. The number of hydrogen-bond donors (Lipinski definition) is 1. The van der Waals surface area contributed by atoms with Gasteiger partial charge in [0.15, 0.2) is 0 Å². The van der Waals surface area contributed by atoms with Crippen molar-refractivity contribution < 1.29 is 9.53 Å². The Morgan fingerprint density at radius 1 is 1.13 bits per heavy atom. The van der Waals surface area contributed by atoms with Crippen LogP contribution in [0.5, 0.6) is 0 Å². The first-order valence-electron chi connectivity index (χ1n) is 7.70. The van der Waals surface area contributed by atoms with Crippen molar-refractivity contribution in [2.24, 2.45) is 0 Å².